The van der Waals surface area contributed by atoms with Crippen molar-refractivity contribution in [2.75, 3.05) is 20.1 Å². The zero-order valence-electron chi connectivity index (χ0n) is 8.61. The van der Waals surface area contributed by atoms with E-state index in [9.17, 15) is 5.11 Å². The Labute approximate surface area is 85.2 Å². The second-order valence-corrected chi connectivity index (χ2v) is 3.51. The van der Waals surface area contributed by atoms with Crippen molar-refractivity contribution in [3.05, 3.63) is 29.8 Å². The van der Waals surface area contributed by atoms with Crippen molar-refractivity contribution in [1.29, 1.82) is 0 Å². The largest absolute Gasteiger partial charge is 0.508 e. The summed E-state index contributed by atoms with van der Waals surface area (Å²) in [5, 5.41) is 9.53. The van der Waals surface area contributed by atoms with Crippen LogP contribution in [0, 0.1) is 0 Å². The first-order chi connectivity index (χ1) is 6.74. The molecule has 0 aliphatic rings. The summed E-state index contributed by atoms with van der Waals surface area (Å²) in [6, 6.07) is 7.42. The van der Waals surface area contributed by atoms with Gasteiger partial charge in [-0.2, -0.15) is 0 Å². The molecule has 1 rings (SSSR count). The predicted octanol–water partition coefficient (Wildman–Crippen LogP) is 1.17. The van der Waals surface area contributed by atoms with Crippen LogP contribution < -0.4 is 5.73 Å². The van der Waals surface area contributed by atoms with Crippen LogP contribution in [-0.2, 0) is 6.54 Å². The Morgan fingerprint density at radius 2 is 2.07 bits per heavy atom. The topological polar surface area (TPSA) is 49.5 Å². The first-order valence-electron chi connectivity index (χ1n) is 4.89. The SMILES string of the molecule is CN(CCCN)Cc1ccccc1O. The van der Waals surface area contributed by atoms with Gasteiger partial charge in [-0.3, -0.25) is 0 Å². The minimum absolute atomic E-state index is 0.368. The van der Waals surface area contributed by atoms with Crippen LogP contribution in [0.5, 0.6) is 5.75 Å². The molecule has 78 valence electrons. The van der Waals surface area contributed by atoms with Crippen LogP contribution in [0.4, 0.5) is 0 Å². The molecule has 1 aromatic carbocycles. The second-order valence-electron chi connectivity index (χ2n) is 3.51. The zero-order valence-corrected chi connectivity index (χ0v) is 8.61. The molecule has 0 unspecified atom stereocenters. The monoisotopic (exact) mass is 194 g/mol. The highest BCUT2D eigenvalue weighted by atomic mass is 16.3. The molecule has 0 saturated heterocycles. The number of aromatic hydroxyl groups is 1. The highest BCUT2D eigenvalue weighted by Gasteiger charge is 2.03. The number of benzene rings is 1. The maximum atomic E-state index is 9.53. The molecule has 0 spiro atoms. The highest BCUT2D eigenvalue weighted by Crippen LogP contribution is 2.16. The Morgan fingerprint density at radius 3 is 2.71 bits per heavy atom. The zero-order chi connectivity index (χ0) is 10.4. The molecule has 0 bridgehead atoms. The van der Waals surface area contributed by atoms with Crippen LogP contribution in [0.2, 0.25) is 0 Å². The average molecular weight is 194 g/mol. The van der Waals surface area contributed by atoms with E-state index in [4.69, 9.17) is 5.73 Å². The van der Waals surface area contributed by atoms with Crippen molar-refractivity contribution in [3.8, 4) is 5.75 Å². The van der Waals surface area contributed by atoms with E-state index in [1.54, 1.807) is 6.07 Å². The van der Waals surface area contributed by atoms with Gasteiger partial charge in [0.2, 0.25) is 0 Å². The normalized spacial score (nSPS) is 10.8. The predicted molar refractivity (Wildman–Crippen MR) is 58.1 cm³/mol. The molecular formula is C11H18N2O. The van der Waals surface area contributed by atoms with Crippen LogP contribution in [0.1, 0.15) is 12.0 Å². The number of nitrogens with zero attached hydrogens (tertiary/aromatic N) is 1. The molecule has 0 aliphatic heterocycles. The van der Waals surface area contributed by atoms with Gasteiger partial charge < -0.3 is 15.7 Å². The summed E-state index contributed by atoms with van der Waals surface area (Å²) >= 11 is 0. The van der Waals surface area contributed by atoms with Crippen molar-refractivity contribution >= 4 is 0 Å². The molecule has 0 saturated carbocycles. The van der Waals surface area contributed by atoms with Gasteiger partial charge in [0.25, 0.3) is 0 Å². The standard InChI is InChI=1S/C11H18N2O/c1-13(8-4-7-12)9-10-5-2-3-6-11(10)14/h2-3,5-6,14H,4,7-9,12H2,1H3. The average Bonchev–Trinajstić information content (AvgIpc) is 2.18. The molecule has 0 amide bonds. The summed E-state index contributed by atoms with van der Waals surface area (Å²) in [6.45, 7) is 2.45. The van der Waals surface area contributed by atoms with Gasteiger partial charge >= 0.3 is 0 Å². The first-order valence-corrected chi connectivity index (χ1v) is 4.89. The van der Waals surface area contributed by atoms with E-state index in [-0.39, 0.29) is 0 Å². The summed E-state index contributed by atoms with van der Waals surface area (Å²) in [5.41, 5.74) is 6.39. The molecule has 0 aromatic heterocycles. The van der Waals surface area contributed by atoms with Crippen LogP contribution in [0.25, 0.3) is 0 Å². The number of phenolic OH excluding ortho intramolecular Hbond substituents is 1. The third kappa shape index (κ3) is 3.36. The third-order valence-corrected chi connectivity index (χ3v) is 2.18. The minimum Gasteiger partial charge on any atom is -0.508 e. The molecule has 0 heterocycles. The van der Waals surface area contributed by atoms with Crippen LogP contribution in [0.15, 0.2) is 24.3 Å². The van der Waals surface area contributed by atoms with Crippen molar-refractivity contribution < 1.29 is 5.11 Å². The van der Waals surface area contributed by atoms with Gasteiger partial charge in [-0.05, 0) is 32.6 Å². The van der Waals surface area contributed by atoms with Gasteiger partial charge in [0.05, 0.1) is 0 Å². The number of nitrogens with two attached hydrogens (primary N) is 1. The van der Waals surface area contributed by atoms with E-state index in [0.29, 0.717) is 12.3 Å². The molecule has 0 aliphatic carbocycles. The van der Waals surface area contributed by atoms with E-state index in [1.807, 2.05) is 25.2 Å². The van der Waals surface area contributed by atoms with Crippen molar-refractivity contribution in [2.24, 2.45) is 5.73 Å². The molecular weight excluding hydrogens is 176 g/mol. The van der Waals surface area contributed by atoms with Crippen LogP contribution in [0.3, 0.4) is 0 Å². The van der Waals surface area contributed by atoms with Gasteiger partial charge in [0.15, 0.2) is 0 Å². The van der Waals surface area contributed by atoms with Crippen molar-refractivity contribution in [2.45, 2.75) is 13.0 Å². The Morgan fingerprint density at radius 1 is 1.36 bits per heavy atom. The Balaban J connectivity index is 2.47. The summed E-state index contributed by atoms with van der Waals surface area (Å²) in [6.07, 6.45) is 0.990. The number of hydrogen-bond acceptors (Lipinski definition) is 3. The Hall–Kier alpha value is -1.06. The fourth-order valence-corrected chi connectivity index (χ4v) is 1.38. The first kappa shape index (κ1) is 11.0. The van der Waals surface area contributed by atoms with E-state index < -0.39 is 0 Å². The van der Waals surface area contributed by atoms with E-state index in [2.05, 4.69) is 4.90 Å². The number of phenols is 1. The number of para-hydroxylation sites is 1. The molecule has 3 nitrogen and oxygen atoms in total. The van der Waals surface area contributed by atoms with Crippen molar-refractivity contribution in [1.82, 2.24) is 4.90 Å². The lowest BCUT2D eigenvalue weighted by Gasteiger charge is -2.16. The number of hydrogen-bond donors (Lipinski definition) is 2. The molecule has 0 radical (unpaired) electrons. The van der Waals surface area contributed by atoms with E-state index >= 15 is 0 Å². The molecule has 1 aromatic rings. The third-order valence-electron chi connectivity index (χ3n) is 2.18. The molecule has 3 heteroatoms. The van der Waals surface area contributed by atoms with Crippen LogP contribution >= 0.6 is 0 Å². The van der Waals surface area contributed by atoms with E-state index in [0.717, 1.165) is 25.1 Å². The Bertz CT molecular complexity index is 276. The molecule has 0 atom stereocenters. The van der Waals surface area contributed by atoms with Crippen LogP contribution in [-0.4, -0.2) is 30.1 Å². The molecule has 14 heavy (non-hydrogen) atoms. The summed E-state index contributed by atoms with van der Waals surface area (Å²) < 4.78 is 0. The summed E-state index contributed by atoms with van der Waals surface area (Å²) in [4.78, 5) is 2.15. The fraction of sp³-hybridized carbons (Fsp3) is 0.455. The lowest BCUT2D eigenvalue weighted by Crippen LogP contribution is -2.21. The summed E-state index contributed by atoms with van der Waals surface area (Å²) in [7, 11) is 2.03. The smallest absolute Gasteiger partial charge is 0.120 e. The van der Waals surface area contributed by atoms with Gasteiger partial charge in [-0.1, -0.05) is 18.2 Å². The Kier molecular flexibility index (Phi) is 4.43. The second kappa shape index (κ2) is 5.62. The van der Waals surface area contributed by atoms with Gasteiger partial charge in [-0.15, -0.1) is 0 Å². The van der Waals surface area contributed by atoms with Gasteiger partial charge in [-0.25, -0.2) is 0 Å². The fourth-order valence-electron chi connectivity index (χ4n) is 1.38. The lowest BCUT2D eigenvalue weighted by atomic mass is 10.2. The maximum Gasteiger partial charge on any atom is 0.120 e. The lowest BCUT2D eigenvalue weighted by molar-refractivity contribution is 0.317. The number of rotatable bonds is 5. The molecule has 0 fully saturated rings. The van der Waals surface area contributed by atoms with Gasteiger partial charge in [0.1, 0.15) is 5.75 Å². The maximum absolute atomic E-state index is 9.53. The minimum atomic E-state index is 0.368. The molecule has 3 N–H and O–H groups in total. The highest BCUT2D eigenvalue weighted by molar-refractivity contribution is 5.31. The van der Waals surface area contributed by atoms with E-state index in [1.165, 1.54) is 0 Å². The van der Waals surface area contributed by atoms with Crippen molar-refractivity contribution in [3.63, 3.8) is 0 Å². The summed E-state index contributed by atoms with van der Waals surface area (Å²) in [5.74, 6) is 0.368. The quantitative estimate of drug-likeness (QED) is 0.740. The van der Waals surface area contributed by atoms with Gasteiger partial charge in [0, 0.05) is 12.1 Å².